The molecule has 0 fully saturated rings. The van der Waals surface area contributed by atoms with Crippen molar-refractivity contribution in [3.63, 3.8) is 0 Å². The number of hydrogen-bond donors (Lipinski definition) is 0. The molecule has 0 saturated carbocycles. The van der Waals surface area contributed by atoms with Gasteiger partial charge in [-0.05, 0) is 154 Å². The molecule has 2 atom stereocenters. The van der Waals surface area contributed by atoms with Gasteiger partial charge in [0.15, 0.2) is 11.5 Å². The van der Waals surface area contributed by atoms with E-state index in [1.807, 2.05) is 0 Å². The second kappa shape index (κ2) is 15.6. The van der Waals surface area contributed by atoms with Crippen molar-refractivity contribution in [2.75, 3.05) is 9.80 Å². The van der Waals surface area contributed by atoms with Crippen molar-refractivity contribution >= 4 is 50.2 Å². The summed E-state index contributed by atoms with van der Waals surface area (Å²) in [5.74, 6) is 2.14. The molecule has 1 aromatic heterocycles. The van der Waals surface area contributed by atoms with Gasteiger partial charge in [-0.3, -0.25) is 0 Å². The van der Waals surface area contributed by atoms with Gasteiger partial charge in [-0.25, -0.2) is 0 Å². The van der Waals surface area contributed by atoms with Gasteiger partial charge in [0.25, 0.3) is 0 Å². The highest BCUT2D eigenvalue weighted by Gasteiger charge is 2.53. The predicted octanol–water partition coefficient (Wildman–Crippen LogP) is 17.7. The summed E-state index contributed by atoms with van der Waals surface area (Å²) in [6.07, 6.45) is 5.48. The van der Waals surface area contributed by atoms with Crippen LogP contribution in [0.2, 0.25) is 0 Å². The Morgan fingerprint density at radius 3 is 1.97 bits per heavy atom. The molecule has 4 nitrogen and oxygen atoms in total. The molecular formula is C67H47N3O. The van der Waals surface area contributed by atoms with Gasteiger partial charge < -0.3 is 19.1 Å². The number of allylic oxidation sites excluding steroid dienone is 2. The first kappa shape index (κ1) is 40.1. The molecule has 1 spiro atoms. The molecule has 0 N–H and O–H groups in total. The maximum Gasteiger partial charge on any atom is 0.151 e. The van der Waals surface area contributed by atoms with E-state index < -0.39 is 5.41 Å². The molecule has 3 heterocycles. The van der Waals surface area contributed by atoms with Gasteiger partial charge in [-0.2, -0.15) is 0 Å². The van der Waals surface area contributed by atoms with E-state index in [-0.39, 0.29) is 0 Å². The minimum Gasteiger partial charge on any atom is -0.453 e. The zero-order valence-electron chi connectivity index (χ0n) is 39.0. The fraction of sp³-hybridized carbons (Fsp3) is 0.0746. The third-order valence-electron chi connectivity index (χ3n) is 15.9. The largest absolute Gasteiger partial charge is 0.453 e. The van der Waals surface area contributed by atoms with Crippen LogP contribution in [0.25, 0.3) is 49.7 Å². The quantitative estimate of drug-likeness (QED) is 0.166. The van der Waals surface area contributed by atoms with Crippen LogP contribution in [-0.4, -0.2) is 4.57 Å². The highest BCUT2D eigenvalue weighted by Crippen LogP contribution is 2.67. The third kappa shape index (κ3) is 5.85. The van der Waals surface area contributed by atoms with Crippen molar-refractivity contribution < 1.29 is 4.74 Å². The van der Waals surface area contributed by atoms with E-state index in [1.54, 1.807) is 0 Å². The lowest BCUT2D eigenvalue weighted by Crippen LogP contribution is -2.37. The summed E-state index contributed by atoms with van der Waals surface area (Å²) in [4.78, 5) is 5.00. The van der Waals surface area contributed by atoms with Crippen LogP contribution in [0, 0.1) is 0 Å². The van der Waals surface area contributed by atoms with E-state index >= 15 is 0 Å². The zero-order chi connectivity index (χ0) is 46.6. The molecule has 71 heavy (non-hydrogen) atoms. The van der Waals surface area contributed by atoms with Gasteiger partial charge in [-0.15, -0.1) is 0 Å². The summed E-state index contributed by atoms with van der Waals surface area (Å²) >= 11 is 0. The van der Waals surface area contributed by atoms with E-state index in [0.29, 0.717) is 5.92 Å². The molecule has 0 radical (unpaired) electrons. The standard InChI is InChI=1S/C67H47N3O/c1-3-16-44(17-4-1)45-30-35-49(36-31-45)68(50-37-32-46(33-38-50)47-34-41-61-55(42-47)54-21-8-11-25-60(54)69(61)48-18-5-2-6-19-48)51-39-40-53-52-20-7-9-22-56(52)67(59(53)43-51)57-23-10-12-26-62(57)70-63-27-13-14-28-64(63)71-65-29-15-24-58(67)66(65)70/h1-31,34-37,39-43,46H,32-33,38H2. The molecule has 11 aromatic rings. The molecule has 4 heteroatoms. The first-order valence-electron chi connectivity index (χ1n) is 25.0. The van der Waals surface area contributed by atoms with Crippen LogP contribution < -0.4 is 14.5 Å². The highest BCUT2D eigenvalue weighted by atomic mass is 16.5. The van der Waals surface area contributed by atoms with E-state index in [4.69, 9.17) is 4.74 Å². The molecule has 0 amide bonds. The van der Waals surface area contributed by atoms with Crippen LogP contribution in [0.15, 0.2) is 248 Å². The van der Waals surface area contributed by atoms with Crippen LogP contribution in [0.1, 0.15) is 53.0 Å². The summed E-state index contributed by atoms with van der Waals surface area (Å²) in [5.41, 5.74) is 21.5. The van der Waals surface area contributed by atoms with Crippen molar-refractivity contribution in [2.24, 2.45) is 0 Å². The van der Waals surface area contributed by atoms with E-state index in [1.165, 1.54) is 88.9 Å². The van der Waals surface area contributed by atoms with E-state index in [0.717, 1.165) is 53.5 Å². The maximum absolute atomic E-state index is 6.80. The smallest absolute Gasteiger partial charge is 0.151 e. The Bertz CT molecular complexity index is 3960. The number of ether oxygens (including phenoxy) is 1. The number of rotatable bonds is 6. The Morgan fingerprint density at radius 2 is 1.13 bits per heavy atom. The minimum absolute atomic E-state index is 0.403. The van der Waals surface area contributed by atoms with E-state index in [9.17, 15) is 0 Å². The molecule has 2 aliphatic heterocycles. The van der Waals surface area contributed by atoms with Gasteiger partial charge >= 0.3 is 0 Å². The van der Waals surface area contributed by atoms with Crippen LogP contribution in [0.3, 0.4) is 0 Å². The number of benzene rings is 10. The monoisotopic (exact) mass is 909 g/mol. The number of fused-ring (bicyclic) bond motifs is 14. The van der Waals surface area contributed by atoms with Crippen molar-refractivity contribution in [1.29, 1.82) is 0 Å². The number of para-hydroxylation sites is 6. The van der Waals surface area contributed by atoms with Crippen molar-refractivity contribution in [1.82, 2.24) is 4.57 Å². The number of nitrogens with zero attached hydrogens (tertiary/aromatic N) is 3. The number of aromatic nitrogens is 1. The molecule has 0 bridgehead atoms. The molecule has 2 aliphatic carbocycles. The van der Waals surface area contributed by atoms with Gasteiger partial charge in [-0.1, -0.05) is 164 Å². The average molecular weight is 910 g/mol. The summed E-state index contributed by atoms with van der Waals surface area (Å²) in [6.45, 7) is 0. The number of anilines is 5. The Balaban J connectivity index is 0.882. The lowest BCUT2D eigenvalue weighted by molar-refractivity contribution is 0.473. The Labute approximate surface area is 413 Å². The predicted molar refractivity (Wildman–Crippen MR) is 292 cm³/mol. The second-order valence-corrected chi connectivity index (χ2v) is 19.5. The second-order valence-electron chi connectivity index (χ2n) is 19.5. The minimum atomic E-state index is -0.604. The molecule has 336 valence electrons. The van der Waals surface area contributed by atoms with Crippen molar-refractivity contribution in [2.45, 2.75) is 30.6 Å². The molecule has 2 unspecified atom stereocenters. The van der Waals surface area contributed by atoms with E-state index in [2.05, 4.69) is 257 Å². The van der Waals surface area contributed by atoms with Crippen molar-refractivity contribution in [3.05, 3.63) is 276 Å². The lowest BCUT2D eigenvalue weighted by Gasteiger charge is -2.47. The van der Waals surface area contributed by atoms with Crippen LogP contribution in [0.4, 0.5) is 28.4 Å². The Morgan fingerprint density at radius 1 is 0.465 bits per heavy atom. The normalized spacial score (nSPS) is 16.9. The summed E-state index contributed by atoms with van der Waals surface area (Å²) in [5, 5.41) is 2.61. The average Bonchev–Trinajstić information content (AvgIpc) is 3.93. The fourth-order valence-electron chi connectivity index (χ4n) is 12.8. The Hall–Kier alpha value is -8.86. The lowest BCUT2D eigenvalue weighted by atomic mass is 9.64. The summed E-state index contributed by atoms with van der Waals surface area (Å²) in [7, 11) is 0. The third-order valence-corrected chi connectivity index (χ3v) is 15.9. The van der Waals surface area contributed by atoms with Gasteiger partial charge in [0, 0.05) is 33.5 Å². The van der Waals surface area contributed by atoms with Gasteiger partial charge in [0.05, 0.1) is 33.5 Å². The van der Waals surface area contributed by atoms with Crippen LogP contribution in [0.5, 0.6) is 11.5 Å². The van der Waals surface area contributed by atoms with Crippen molar-refractivity contribution in [3.8, 4) is 39.4 Å². The summed E-state index contributed by atoms with van der Waals surface area (Å²) < 4.78 is 9.21. The topological polar surface area (TPSA) is 20.6 Å². The molecular weight excluding hydrogens is 863 g/mol. The number of hydrogen-bond acceptors (Lipinski definition) is 3. The maximum atomic E-state index is 6.80. The fourth-order valence-corrected chi connectivity index (χ4v) is 12.8. The molecule has 4 aliphatic rings. The molecule has 0 saturated heterocycles. The van der Waals surface area contributed by atoms with Crippen LogP contribution >= 0.6 is 0 Å². The zero-order valence-corrected chi connectivity index (χ0v) is 39.0. The van der Waals surface area contributed by atoms with Gasteiger partial charge in [0.2, 0.25) is 0 Å². The highest BCUT2D eigenvalue weighted by molar-refractivity contribution is 6.09. The summed E-state index contributed by atoms with van der Waals surface area (Å²) in [6, 6.07) is 87.3. The first-order valence-corrected chi connectivity index (χ1v) is 25.0. The van der Waals surface area contributed by atoms with Crippen LogP contribution in [-0.2, 0) is 5.41 Å². The first-order chi connectivity index (χ1) is 35.2. The Kier molecular flexibility index (Phi) is 8.79. The van der Waals surface area contributed by atoms with Gasteiger partial charge in [0.1, 0.15) is 0 Å². The molecule has 15 rings (SSSR count). The molecule has 10 aromatic carbocycles. The SMILES string of the molecule is C1=C(N(c2ccc(-c3ccccc3)cc2)c2ccc3c(c2)C2(c4ccccc4-3)c3ccccc3N3c4ccccc4Oc4cccc2c43)CCC(c2ccc3c(c2)c2ccccc2n3-c2ccccc2)C1.